The number of halogens is 2. The fourth-order valence-electron chi connectivity index (χ4n) is 4.12. The summed E-state index contributed by atoms with van der Waals surface area (Å²) in [5.74, 6) is 2.20. The van der Waals surface area contributed by atoms with Crippen LogP contribution >= 0.6 is 11.6 Å². The Morgan fingerprint density at radius 2 is 2.10 bits per heavy atom. The lowest BCUT2D eigenvalue weighted by molar-refractivity contribution is 0.311. The predicted molar refractivity (Wildman–Crippen MR) is 79.5 cm³/mol. The van der Waals surface area contributed by atoms with E-state index in [0.717, 1.165) is 12.3 Å². The molecule has 0 saturated heterocycles. The summed E-state index contributed by atoms with van der Waals surface area (Å²) >= 11 is 6.19. The summed E-state index contributed by atoms with van der Waals surface area (Å²) in [6, 6.07) is 4.64. The average Bonchev–Trinajstić information content (AvgIpc) is 3.15. The quantitative estimate of drug-likeness (QED) is 0.880. The van der Waals surface area contributed by atoms with Gasteiger partial charge in [-0.3, -0.25) is 0 Å². The minimum absolute atomic E-state index is 0.222. The maximum absolute atomic E-state index is 14.2. The van der Waals surface area contributed by atoms with Crippen LogP contribution in [0.5, 0.6) is 0 Å². The molecule has 5 heteroatoms. The Bertz CT molecular complexity index is 679. The molecule has 2 fully saturated rings. The minimum Gasteiger partial charge on any atom is -0.380 e. The first-order valence-corrected chi connectivity index (χ1v) is 7.72. The molecule has 2 N–H and O–H groups in total. The molecule has 2 saturated carbocycles. The molecular formula is C16H16ClFN2O. The van der Waals surface area contributed by atoms with Crippen LogP contribution in [0.15, 0.2) is 22.7 Å². The van der Waals surface area contributed by atoms with E-state index in [4.69, 9.17) is 21.9 Å². The van der Waals surface area contributed by atoms with E-state index in [-0.39, 0.29) is 11.6 Å². The number of anilines is 1. The molecule has 1 aromatic heterocycles. The van der Waals surface area contributed by atoms with Gasteiger partial charge in [-0.05, 0) is 43.2 Å². The molecule has 110 valence electrons. The molecular weight excluding hydrogens is 291 g/mol. The summed E-state index contributed by atoms with van der Waals surface area (Å²) in [6.45, 7) is 0. The molecule has 0 radical (unpaired) electrons. The molecule has 2 aliphatic carbocycles. The van der Waals surface area contributed by atoms with Gasteiger partial charge in [0.25, 0.3) is 0 Å². The first kappa shape index (κ1) is 13.1. The molecule has 0 spiro atoms. The smallest absolute Gasteiger partial charge is 0.175 e. The summed E-state index contributed by atoms with van der Waals surface area (Å²) in [5.41, 5.74) is 6.81. The molecule has 3 atom stereocenters. The van der Waals surface area contributed by atoms with Crippen molar-refractivity contribution in [3.05, 3.63) is 34.8 Å². The summed E-state index contributed by atoms with van der Waals surface area (Å²) in [5, 5.41) is 4.22. The van der Waals surface area contributed by atoms with Gasteiger partial charge in [-0.15, -0.1) is 0 Å². The SMILES string of the molecule is Nc1noc(C2CC3CCC2C3)c1-c1c(F)cccc1Cl. The first-order chi connectivity index (χ1) is 10.1. The maximum atomic E-state index is 14.2. The van der Waals surface area contributed by atoms with Gasteiger partial charge in [0.05, 0.1) is 10.6 Å². The van der Waals surface area contributed by atoms with Crippen molar-refractivity contribution in [3.8, 4) is 11.1 Å². The van der Waals surface area contributed by atoms with Gasteiger partial charge in [-0.1, -0.05) is 29.2 Å². The normalized spacial score (nSPS) is 27.4. The Balaban J connectivity index is 1.85. The van der Waals surface area contributed by atoms with Crippen LogP contribution in [0.25, 0.3) is 11.1 Å². The second-order valence-electron chi connectivity index (χ2n) is 6.19. The van der Waals surface area contributed by atoms with E-state index in [1.165, 1.54) is 25.3 Å². The number of aromatic nitrogens is 1. The third-order valence-electron chi connectivity index (χ3n) is 5.03. The Morgan fingerprint density at radius 1 is 1.24 bits per heavy atom. The lowest BCUT2D eigenvalue weighted by Crippen LogP contribution is -2.09. The lowest BCUT2D eigenvalue weighted by atomic mass is 9.84. The van der Waals surface area contributed by atoms with E-state index < -0.39 is 0 Å². The molecule has 2 aromatic rings. The van der Waals surface area contributed by atoms with Gasteiger partial charge < -0.3 is 10.3 Å². The van der Waals surface area contributed by atoms with Crippen molar-refractivity contribution >= 4 is 17.4 Å². The van der Waals surface area contributed by atoms with E-state index in [9.17, 15) is 4.39 Å². The first-order valence-electron chi connectivity index (χ1n) is 7.34. The van der Waals surface area contributed by atoms with Crippen molar-refractivity contribution < 1.29 is 8.91 Å². The van der Waals surface area contributed by atoms with Gasteiger partial charge in [-0.25, -0.2) is 4.39 Å². The number of nitrogens with two attached hydrogens (primary N) is 1. The highest BCUT2D eigenvalue weighted by Crippen LogP contribution is 2.55. The van der Waals surface area contributed by atoms with Crippen LogP contribution in [0.4, 0.5) is 10.2 Å². The summed E-state index contributed by atoms with van der Waals surface area (Å²) in [7, 11) is 0. The molecule has 21 heavy (non-hydrogen) atoms. The Kier molecular flexibility index (Phi) is 2.96. The number of hydrogen-bond acceptors (Lipinski definition) is 3. The monoisotopic (exact) mass is 306 g/mol. The van der Waals surface area contributed by atoms with Crippen LogP contribution in [-0.4, -0.2) is 5.16 Å². The molecule has 0 aliphatic heterocycles. The van der Waals surface area contributed by atoms with Crippen LogP contribution in [0.1, 0.15) is 37.4 Å². The van der Waals surface area contributed by atoms with E-state index in [0.29, 0.717) is 33.7 Å². The lowest BCUT2D eigenvalue weighted by Gasteiger charge is -2.20. The highest BCUT2D eigenvalue weighted by Gasteiger charge is 2.43. The number of hydrogen-bond donors (Lipinski definition) is 1. The van der Waals surface area contributed by atoms with E-state index in [1.807, 2.05) is 0 Å². The Morgan fingerprint density at radius 3 is 2.76 bits per heavy atom. The van der Waals surface area contributed by atoms with E-state index >= 15 is 0 Å². The van der Waals surface area contributed by atoms with Crippen molar-refractivity contribution in [2.24, 2.45) is 11.8 Å². The average molecular weight is 307 g/mol. The van der Waals surface area contributed by atoms with Gasteiger partial charge in [0, 0.05) is 11.5 Å². The van der Waals surface area contributed by atoms with Crippen molar-refractivity contribution in [2.45, 2.75) is 31.6 Å². The summed E-state index contributed by atoms with van der Waals surface area (Å²) in [4.78, 5) is 0. The topological polar surface area (TPSA) is 52.0 Å². The van der Waals surface area contributed by atoms with Gasteiger partial charge in [-0.2, -0.15) is 0 Å². The molecule has 0 amide bonds. The maximum Gasteiger partial charge on any atom is 0.175 e. The largest absolute Gasteiger partial charge is 0.380 e. The van der Waals surface area contributed by atoms with Crippen molar-refractivity contribution in [2.75, 3.05) is 5.73 Å². The molecule has 2 bridgehead atoms. The fourth-order valence-corrected chi connectivity index (χ4v) is 4.38. The number of rotatable bonds is 2. The van der Waals surface area contributed by atoms with Crippen molar-refractivity contribution in [1.82, 2.24) is 5.16 Å². The zero-order chi connectivity index (χ0) is 14.6. The fraction of sp³-hybridized carbons (Fsp3) is 0.438. The van der Waals surface area contributed by atoms with Gasteiger partial charge >= 0.3 is 0 Å². The number of fused-ring (bicyclic) bond motifs is 2. The molecule has 4 rings (SSSR count). The minimum atomic E-state index is -0.387. The molecule has 3 nitrogen and oxygen atoms in total. The van der Waals surface area contributed by atoms with Gasteiger partial charge in [0.15, 0.2) is 5.82 Å². The molecule has 3 unspecified atom stereocenters. The summed E-state index contributed by atoms with van der Waals surface area (Å²) < 4.78 is 19.7. The van der Waals surface area contributed by atoms with Crippen molar-refractivity contribution in [1.29, 1.82) is 0 Å². The summed E-state index contributed by atoms with van der Waals surface area (Å²) in [6.07, 6.45) is 4.81. The standard InChI is InChI=1S/C16H16ClFN2O/c17-11-2-1-3-12(18)13(11)14-15(21-20-16(14)19)10-7-8-4-5-9(10)6-8/h1-3,8-10H,4-7H2,(H2,19,20). The van der Waals surface area contributed by atoms with Gasteiger partial charge in [0.1, 0.15) is 11.6 Å². The van der Waals surface area contributed by atoms with Crippen LogP contribution in [0.2, 0.25) is 5.02 Å². The number of benzene rings is 1. The van der Waals surface area contributed by atoms with Crippen LogP contribution in [0, 0.1) is 17.7 Å². The number of nitrogen functional groups attached to an aromatic ring is 1. The zero-order valence-electron chi connectivity index (χ0n) is 11.5. The molecule has 1 aromatic carbocycles. The Hall–Kier alpha value is -1.55. The second kappa shape index (κ2) is 4.73. The van der Waals surface area contributed by atoms with Crippen LogP contribution < -0.4 is 5.73 Å². The highest BCUT2D eigenvalue weighted by molar-refractivity contribution is 6.33. The third kappa shape index (κ3) is 1.96. The third-order valence-corrected chi connectivity index (χ3v) is 5.35. The zero-order valence-corrected chi connectivity index (χ0v) is 12.2. The molecule has 2 aliphatic rings. The van der Waals surface area contributed by atoms with Crippen molar-refractivity contribution in [3.63, 3.8) is 0 Å². The Labute approximate surface area is 127 Å². The van der Waals surface area contributed by atoms with Crippen LogP contribution in [0.3, 0.4) is 0 Å². The predicted octanol–water partition coefficient (Wildman–Crippen LogP) is 4.62. The second-order valence-corrected chi connectivity index (χ2v) is 6.59. The number of nitrogens with zero attached hydrogens (tertiary/aromatic N) is 1. The van der Waals surface area contributed by atoms with E-state index in [2.05, 4.69) is 5.16 Å². The molecule has 1 heterocycles. The highest BCUT2D eigenvalue weighted by atomic mass is 35.5. The van der Waals surface area contributed by atoms with E-state index in [1.54, 1.807) is 12.1 Å². The van der Waals surface area contributed by atoms with Crippen LogP contribution in [-0.2, 0) is 0 Å². The van der Waals surface area contributed by atoms with Gasteiger partial charge in [0.2, 0.25) is 0 Å².